The Labute approximate surface area is 156 Å². The highest BCUT2D eigenvalue weighted by atomic mass is 19.1. The number of rotatable bonds is 5. The van der Waals surface area contributed by atoms with Crippen LogP contribution < -0.4 is 20.6 Å². The maximum Gasteiger partial charge on any atom is 0.274 e. The molecule has 0 radical (unpaired) electrons. The van der Waals surface area contributed by atoms with Gasteiger partial charge in [0.05, 0.1) is 17.9 Å². The summed E-state index contributed by atoms with van der Waals surface area (Å²) in [5.41, 5.74) is 4.33. The molecule has 0 unspecified atom stereocenters. The zero-order valence-electron chi connectivity index (χ0n) is 14.9. The summed E-state index contributed by atoms with van der Waals surface area (Å²) in [7, 11) is 1.90. The van der Waals surface area contributed by atoms with Crippen molar-refractivity contribution in [3.63, 3.8) is 0 Å². The zero-order chi connectivity index (χ0) is 19.4. The van der Waals surface area contributed by atoms with Crippen LogP contribution in [0.25, 0.3) is 0 Å². The lowest BCUT2D eigenvalue weighted by Gasteiger charge is -2.36. The standard InChI is InChI=1S/C19H21FN4O3/c1-23-8-9-24(16-7-6-15(20)10-17(16)23)12-18(25)21-11-13-2-4-14(5-3-13)19(26)22-27/h2-7,10,27H,8-9,11-12H2,1H3,(H,21,25)(H,22,26). The van der Waals surface area contributed by atoms with E-state index in [1.807, 2.05) is 16.8 Å². The van der Waals surface area contributed by atoms with E-state index in [-0.39, 0.29) is 18.3 Å². The molecule has 0 fully saturated rings. The van der Waals surface area contributed by atoms with Gasteiger partial charge < -0.3 is 15.1 Å². The topological polar surface area (TPSA) is 84.9 Å². The number of fused-ring (bicyclic) bond motifs is 1. The largest absolute Gasteiger partial charge is 0.371 e. The molecule has 0 atom stereocenters. The average molecular weight is 372 g/mol. The van der Waals surface area contributed by atoms with Crippen molar-refractivity contribution in [2.24, 2.45) is 0 Å². The SMILES string of the molecule is CN1CCN(CC(=O)NCc2ccc(C(=O)NO)cc2)c2ccc(F)cc21. The number of anilines is 2. The van der Waals surface area contributed by atoms with Gasteiger partial charge in [-0.15, -0.1) is 0 Å². The number of nitrogens with zero attached hydrogens (tertiary/aromatic N) is 2. The summed E-state index contributed by atoms with van der Waals surface area (Å²) in [4.78, 5) is 27.5. The lowest BCUT2D eigenvalue weighted by Crippen LogP contribution is -2.44. The van der Waals surface area contributed by atoms with Crippen molar-refractivity contribution in [2.45, 2.75) is 6.54 Å². The predicted octanol–water partition coefficient (Wildman–Crippen LogP) is 1.52. The predicted molar refractivity (Wildman–Crippen MR) is 99.4 cm³/mol. The average Bonchev–Trinajstić information content (AvgIpc) is 2.68. The first-order valence-electron chi connectivity index (χ1n) is 8.53. The van der Waals surface area contributed by atoms with Gasteiger partial charge in [0.1, 0.15) is 5.82 Å². The monoisotopic (exact) mass is 372 g/mol. The van der Waals surface area contributed by atoms with Gasteiger partial charge in [-0.2, -0.15) is 0 Å². The van der Waals surface area contributed by atoms with E-state index in [0.717, 1.165) is 16.9 Å². The molecule has 2 amide bonds. The molecule has 1 heterocycles. The Balaban J connectivity index is 1.59. The van der Waals surface area contributed by atoms with E-state index in [1.165, 1.54) is 12.1 Å². The molecule has 3 N–H and O–H groups in total. The number of hydrogen-bond donors (Lipinski definition) is 3. The third-order valence-corrected chi connectivity index (χ3v) is 4.54. The van der Waals surface area contributed by atoms with Crippen LogP contribution in [0.2, 0.25) is 0 Å². The summed E-state index contributed by atoms with van der Waals surface area (Å²) >= 11 is 0. The molecule has 0 saturated heterocycles. The summed E-state index contributed by atoms with van der Waals surface area (Å²) in [6, 6.07) is 11.1. The summed E-state index contributed by atoms with van der Waals surface area (Å²) < 4.78 is 13.5. The minimum Gasteiger partial charge on any atom is -0.371 e. The van der Waals surface area contributed by atoms with Crippen LogP contribution in [-0.2, 0) is 11.3 Å². The number of benzene rings is 2. The third kappa shape index (κ3) is 4.35. The number of amides is 2. The molecule has 0 aromatic heterocycles. The van der Waals surface area contributed by atoms with E-state index in [0.29, 0.717) is 25.2 Å². The van der Waals surface area contributed by atoms with E-state index in [2.05, 4.69) is 5.32 Å². The molecule has 0 spiro atoms. The molecular weight excluding hydrogens is 351 g/mol. The maximum absolute atomic E-state index is 13.5. The fourth-order valence-electron chi connectivity index (χ4n) is 3.01. The number of carbonyl (C=O) groups excluding carboxylic acids is 2. The molecule has 1 aliphatic rings. The van der Waals surface area contributed by atoms with Crippen molar-refractivity contribution in [3.8, 4) is 0 Å². The van der Waals surface area contributed by atoms with Gasteiger partial charge >= 0.3 is 0 Å². The van der Waals surface area contributed by atoms with Crippen molar-refractivity contribution in [1.82, 2.24) is 10.8 Å². The second-order valence-electron chi connectivity index (χ2n) is 6.39. The van der Waals surface area contributed by atoms with Crippen LogP contribution in [0, 0.1) is 5.82 Å². The Hall–Kier alpha value is -3.13. The first-order chi connectivity index (χ1) is 13.0. The Morgan fingerprint density at radius 3 is 2.56 bits per heavy atom. The molecule has 27 heavy (non-hydrogen) atoms. The fourth-order valence-corrected chi connectivity index (χ4v) is 3.01. The number of likely N-dealkylation sites (N-methyl/N-ethyl adjacent to an activating group) is 1. The van der Waals surface area contributed by atoms with Crippen molar-refractivity contribution in [1.29, 1.82) is 0 Å². The van der Waals surface area contributed by atoms with Gasteiger partial charge in [0.2, 0.25) is 5.91 Å². The Kier molecular flexibility index (Phi) is 5.56. The maximum atomic E-state index is 13.5. The quantitative estimate of drug-likeness (QED) is 0.547. The van der Waals surface area contributed by atoms with E-state index in [4.69, 9.17) is 5.21 Å². The molecule has 0 aliphatic carbocycles. The van der Waals surface area contributed by atoms with Crippen molar-refractivity contribution in [2.75, 3.05) is 36.5 Å². The lowest BCUT2D eigenvalue weighted by molar-refractivity contribution is -0.119. The molecule has 0 bridgehead atoms. The Morgan fingerprint density at radius 2 is 1.85 bits per heavy atom. The molecular formula is C19H21FN4O3. The van der Waals surface area contributed by atoms with Gasteiger partial charge in [0.25, 0.3) is 5.91 Å². The Morgan fingerprint density at radius 1 is 1.11 bits per heavy atom. The first kappa shape index (κ1) is 18.7. The normalized spacial score (nSPS) is 13.1. The summed E-state index contributed by atoms with van der Waals surface area (Å²) in [5, 5.41) is 11.4. The smallest absolute Gasteiger partial charge is 0.274 e. The number of hydrogen-bond acceptors (Lipinski definition) is 5. The van der Waals surface area contributed by atoms with Gasteiger partial charge in [-0.25, -0.2) is 9.87 Å². The molecule has 2 aromatic carbocycles. The fraction of sp³-hybridized carbons (Fsp3) is 0.263. The number of carbonyl (C=O) groups is 2. The number of halogens is 1. The molecule has 142 valence electrons. The van der Waals surface area contributed by atoms with Gasteiger partial charge in [0, 0.05) is 32.2 Å². The van der Waals surface area contributed by atoms with Crippen LogP contribution in [0.15, 0.2) is 42.5 Å². The van der Waals surface area contributed by atoms with Crippen LogP contribution in [0.5, 0.6) is 0 Å². The lowest BCUT2D eigenvalue weighted by atomic mass is 10.1. The zero-order valence-corrected chi connectivity index (χ0v) is 14.9. The summed E-state index contributed by atoms with van der Waals surface area (Å²) in [6.45, 7) is 1.88. The highest BCUT2D eigenvalue weighted by molar-refractivity contribution is 5.93. The van der Waals surface area contributed by atoms with Crippen LogP contribution >= 0.6 is 0 Å². The number of hydroxylamine groups is 1. The van der Waals surface area contributed by atoms with E-state index in [9.17, 15) is 14.0 Å². The second-order valence-corrected chi connectivity index (χ2v) is 6.39. The second kappa shape index (κ2) is 8.05. The molecule has 3 rings (SSSR count). The van der Waals surface area contributed by atoms with Crippen LogP contribution in [-0.4, -0.2) is 43.7 Å². The van der Waals surface area contributed by atoms with Crippen molar-refractivity contribution in [3.05, 3.63) is 59.4 Å². The minimum absolute atomic E-state index is 0.146. The first-order valence-corrected chi connectivity index (χ1v) is 8.53. The van der Waals surface area contributed by atoms with Gasteiger partial charge in [0.15, 0.2) is 0 Å². The van der Waals surface area contributed by atoms with Crippen LogP contribution in [0.3, 0.4) is 0 Å². The van der Waals surface area contributed by atoms with Crippen molar-refractivity contribution >= 4 is 23.2 Å². The summed E-state index contributed by atoms with van der Waals surface area (Å²) in [5.74, 6) is -1.03. The summed E-state index contributed by atoms with van der Waals surface area (Å²) in [6.07, 6.45) is 0. The number of nitrogens with one attached hydrogen (secondary N) is 2. The van der Waals surface area contributed by atoms with Gasteiger partial charge in [-0.05, 0) is 35.9 Å². The third-order valence-electron chi connectivity index (χ3n) is 4.54. The van der Waals surface area contributed by atoms with E-state index < -0.39 is 5.91 Å². The van der Waals surface area contributed by atoms with Crippen LogP contribution in [0.1, 0.15) is 15.9 Å². The van der Waals surface area contributed by atoms with E-state index in [1.54, 1.807) is 35.8 Å². The van der Waals surface area contributed by atoms with Gasteiger partial charge in [-0.1, -0.05) is 12.1 Å². The highest BCUT2D eigenvalue weighted by Crippen LogP contribution is 2.32. The molecule has 7 nitrogen and oxygen atoms in total. The van der Waals surface area contributed by atoms with E-state index >= 15 is 0 Å². The van der Waals surface area contributed by atoms with Crippen LogP contribution in [0.4, 0.5) is 15.8 Å². The minimum atomic E-state index is -0.587. The highest BCUT2D eigenvalue weighted by Gasteiger charge is 2.22. The van der Waals surface area contributed by atoms with Crippen molar-refractivity contribution < 1.29 is 19.2 Å². The molecule has 0 saturated carbocycles. The molecule has 1 aliphatic heterocycles. The Bertz CT molecular complexity index is 841. The molecule has 8 heteroatoms. The molecule has 2 aromatic rings. The van der Waals surface area contributed by atoms with Gasteiger partial charge in [-0.3, -0.25) is 14.8 Å².